The molecule has 0 aliphatic heterocycles. The van der Waals surface area contributed by atoms with Crippen molar-refractivity contribution in [3.63, 3.8) is 0 Å². The molecule has 2 heterocycles. The third-order valence-electron chi connectivity index (χ3n) is 2.85. The van der Waals surface area contributed by atoms with E-state index in [9.17, 15) is 0 Å². The van der Waals surface area contributed by atoms with E-state index in [2.05, 4.69) is 27.0 Å². The van der Waals surface area contributed by atoms with Crippen LogP contribution >= 0.6 is 0 Å². The predicted octanol–water partition coefficient (Wildman–Crippen LogP) is 2.52. The SMILES string of the molecule is C=C(Nc1nc2ncccn2n1)c1ccccc1C. The van der Waals surface area contributed by atoms with Crippen molar-refractivity contribution in [3.8, 4) is 0 Å². The molecule has 0 spiro atoms. The Morgan fingerprint density at radius 2 is 2.11 bits per heavy atom. The molecule has 0 amide bonds. The van der Waals surface area contributed by atoms with Gasteiger partial charge in [0.25, 0.3) is 5.78 Å². The van der Waals surface area contributed by atoms with Gasteiger partial charge in [0, 0.05) is 23.7 Å². The van der Waals surface area contributed by atoms with Crippen molar-refractivity contribution >= 4 is 17.4 Å². The second-order valence-electron chi connectivity index (χ2n) is 4.22. The minimum absolute atomic E-state index is 0.493. The van der Waals surface area contributed by atoms with Crippen molar-refractivity contribution in [2.75, 3.05) is 5.32 Å². The van der Waals surface area contributed by atoms with E-state index in [1.165, 1.54) is 0 Å². The summed E-state index contributed by atoms with van der Waals surface area (Å²) in [6.45, 7) is 6.07. The fraction of sp³-hybridized carbons (Fsp3) is 0.0714. The summed E-state index contributed by atoms with van der Waals surface area (Å²) in [5, 5.41) is 7.39. The first-order chi connectivity index (χ1) is 9.24. The number of hydrogen-bond donors (Lipinski definition) is 1. The minimum atomic E-state index is 0.493. The monoisotopic (exact) mass is 251 g/mol. The van der Waals surface area contributed by atoms with Gasteiger partial charge in [-0.15, -0.1) is 5.10 Å². The molecule has 0 bridgehead atoms. The Morgan fingerprint density at radius 3 is 2.89 bits per heavy atom. The quantitative estimate of drug-likeness (QED) is 0.777. The number of benzene rings is 1. The van der Waals surface area contributed by atoms with Crippen LogP contribution in [0.1, 0.15) is 11.1 Å². The van der Waals surface area contributed by atoms with E-state index in [-0.39, 0.29) is 0 Å². The van der Waals surface area contributed by atoms with E-state index in [1.807, 2.05) is 37.3 Å². The van der Waals surface area contributed by atoms with Gasteiger partial charge in [-0.25, -0.2) is 9.50 Å². The Kier molecular flexibility index (Phi) is 2.72. The third kappa shape index (κ3) is 2.18. The molecule has 1 aromatic carbocycles. The number of nitrogens with zero attached hydrogens (tertiary/aromatic N) is 4. The smallest absolute Gasteiger partial charge is 0.253 e. The number of nitrogens with one attached hydrogen (secondary N) is 1. The lowest BCUT2D eigenvalue weighted by molar-refractivity contribution is 0.942. The number of aromatic nitrogens is 4. The van der Waals surface area contributed by atoms with Crippen molar-refractivity contribution in [1.82, 2.24) is 19.6 Å². The Bertz CT molecular complexity index is 711. The van der Waals surface area contributed by atoms with Crippen molar-refractivity contribution in [3.05, 3.63) is 60.4 Å². The zero-order valence-corrected chi connectivity index (χ0v) is 10.5. The number of rotatable bonds is 3. The fourth-order valence-electron chi connectivity index (χ4n) is 1.90. The van der Waals surface area contributed by atoms with E-state index in [0.29, 0.717) is 11.7 Å². The Hall–Kier alpha value is -2.69. The molecule has 0 aliphatic carbocycles. The van der Waals surface area contributed by atoms with Crippen LogP contribution in [-0.2, 0) is 0 Å². The summed E-state index contributed by atoms with van der Waals surface area (Å²) in [5.41, 5.74) is 2.98. The second kappa shape index (κ2) is 4.53. The van der Waals surface area contributed by atoms with Gasteiger partial charge in [-0.05, 0) is 18.6 Å². The summed E-state index contributed by atoms with van der Waals surface area (Å²) in [6, 6.07) is 9.84. The number of anilines is 1. The summed E-state index contributed by atoms with van der Waals surface area (Å²) in [4.78, 5) is 8.40. The van der Waals surface area contributed by atoms with Crippen molar-refractivity contribution in [1.29, 1.82) is 0 Å². The van der Waals surface area contributed by atoms with Gasteiger partial charge in [-0.2, -0.15) is 4.98 Å². The van der Waals surface area contributed by atoms with Crippen molar-refractivity contribution in [2.24, 2.45) is 0 Å². The van der Waals surface area contributed by atoms with Gasteiger partial charge in [0.2, 0.25) is 5.95 Å². The molecule has 0 fully saturated rings. The van der Waals surface area contributed by atoms with E-state index >= 15 is 0 Å². The molecule has 5 nitrogen and oxygen atoms in total. The molecule has 0 saturated carbocycles. The molecule has 0 saturated heterocycles. The molecule has 2 aromatic heterocycles. The van der Waals surface area contributed by atoms with Crippen LogP contribution < -0.4 is 5.32 Å². The maximum Gasteiger partial charge on any atom is 0.253 e. The largest absolute Gasteiger partial charge is 0.323 e. The van der Waals surface area contributed by atoms with Crippen LogP contribution in [0, 0.1) is 6.92 Å². The molecule has 0 atom stereocenters. The molecule has 3 aromatic rings. The molecule has 94 valence electrons. The molecule has 19 heavy (non-hydrogen) atoms. The van der Waals surface area contributed by atoms with Crippen LogP contribution in [0.25, 0.3) is 11.5 Å². The molecular weight excluding hydrogens is 238 g/mol. The van der Waals surface area contributed by atoms with Gasteiger partial charge < -0.3 is 5.32 Å². The molecular formula is C14H13N5. The van der Waals surface area contributed by atoms with Gasteiger partial charge in [0.05, 0.1) is 0 Å². The first-order valence-corrected chi connectivity index (χ1v) is 5.93. The lowest BCUT2D eigenvalue weighted by atomic mass is 10.1. The van der Waals surface area contributed by atoms with Gasteiger partial charge in [0.1, 0.15) is 0 Å². The second-order valence-corrected chi connectivity index (χ2v) is 4.22. The maximum absolute atomic E-state index is 4.28. The normalized spacial score (nSPS) is 10.6. The highest BCUT2D eigenvalue weighted by Gasteiger charge is 2.07. The average Bonchev–Trinajstić information content (AvgIpc) is 2.81. The number of hydrogen-bond acceptors (Lipinski definition) is 4. The molecule has 5 heteroatoms. The highest BCUT2D eigenvalue weighted by atomic mass is 15.4. The topological polar surface area (TPSA) is 55.1 Å². The first-order valence-electron chi connectivity index (χ1n) is 5.93. The van der Waals surface area contributed by atoms with Gasteiger partial charge >= 0.3 is 0 Å². The van der Waals surface area contributed by atoms with E-state index < -0.39 is 0 Å². The third-order valence-corrected chi connectivity index (χ3v) is 2.85. The fourth-order valence-corrected chi connectivity index (χ4v) is 1.90. The Morgan fingerprint density at radius 1 is 1.26 bits per heavy atom. The Labute approximate surface area is 110 Å². The highest BCUT2D eigenvalue weighted by Crippen LogP contribution is 2.18. The van der Waals surface area contributed by atoms with E-state index in [1.54, 1.807) is 16.9 Å². The lowest BCUT2D eigenvalue weighted by Crippen LogP contribution is -2.00. The van der Waals surface area contributed by atoms with Crippen LogP contribution in [0.5, 0.6) is 0 Å². The molecule has 1 N–H and O–H groups in total. The first kappa shape index (κ1) is 11.4. The molecule has 0 radical (unpaired) electrons. The summed E-state index contributed by atoms with van der Waals surface area (Å²) in [7, 11) is 0. The van der Waals surface area contributed by atoms with Gasteiger partial charge in [-0.3, -0.25) is 0 Å². The van der Waals surface area contributed by atoms with E-state index in [0.717, 1.165) is 16.8 Å². The van der Waals surface area contributed by atoms with Crippen LogP contribution in [0.4, 0.5) is 5.95 Å². The van der Waals surface area contributed by atoms with Crippen LogP contribution in [0.2, 0.25) is 0 Å². The van der Waals surface area contributed by atoms with Crippen molar-refractivity contribution in [2.45, 2.75) is 6.92 Å². The number of fused-ring (bicyclic) bond motifs is 1. The highest BCUT2D eigenvalue weighted by molar-refractivity contribution is 5.74. The zero-order valence-electron chi connectivity index (χ0n) is 10.5. The number of aryl methyl sites for hydroxylation is 1. The van der Waals surface area contributed by atoms with Crippen LogP contribution in [0.3, 0.4) is 0 Å². The minimum Gasteiger partial charge on any atom is -0.323 e. The van der Waals surface area contributed by atoms with Crippen LogP contribution in [0.15, 0.2) is 49.3 Å². The average molecular weight is 251 g/mol. The maximum atomic E-state index is 4.28. The van der Waals surface area contributed by atoms with Crippen molar-refractivity contribution < 1.29 is 0 Å². The predicted molar refractivity (Wildman–Crippen MR) is 74.6 cm³/mol. The summed E-state index contributed by atoms with van der Waals surface area (Å²) < 4.78 is 1.62. The summed E-state index contributed by atoms with van der Waals surface area (Å²) in [6.07, 6.45) is 3.49. The molecule has 0 unspecified atom stereocenters. The zero-order chi connectivity index (χ0) is 13.2. The standard InChI is InChI=1S/C14H13N5/c1-10-6-3-4-7-12(10)11(2)16-13-17-14-15-8-5-9-19(14)18-13/h3-9H,2H2,1H3,(H,16,18). The molecule has 3 rings (SSSR count). The van der Waals surface area contributed by atoms with E-state index in [4.69, 9.17) is 0 Å². The summed E-state index contributed by atoms with van der Waals surface area (Å²) in [5.74, 6) is 1.05. The lowest BCUT2D eigenvalue weighted by Gasteiger charge is -2.08. The van der Waals surface area contributed by atoms with Gasteiger partial charge in [0.15, 0.2) is 0 Å². The van der Waals surface area contributed by atoms with Crippen LogP contribution in [-0.4, -0.2) is 19.6 Å². The summed E-state index contributed by atoms with van der Waals surface area (Å²) >= 11 is 0. The Balaban J connectivity index is 1.89. The molecule has 0 aliphatic rings. The van der Waals surface area contributed by atoms with Gasteiger partial charge in [-0.1, -0.05) is 30.8 Å².